The standard InChI is InChI=1S/C26H24N6O4/c1-17-22(31-26(34)28-13-12-23(33)35-2)16-32-25(17)24(18(14-27)15-29-32)30-19-8-10-21(11-9-19)36-20-6-4-3-5-7-20/h3-11,15-16,30H,12-13H2,1-2H3,(H2,28,31,34). The van der Waals surface area contributed by atoms with Crippen LogP contribution in [-0.2, 0) is 9.53 Å². The molecule has 0 aliphatic rings. The maximum atomic E-state index is 12.3. The number of fused-ring (bicyclic) bond motifs is 1. The Labute approximate surface area is 207 Å². The first-order valence-electron chi connectivity index (χ1n) is 11.1. The molecule has 0 saturated heterocycles. The molecule has 2 aromatic heterocycles. The molecule has 0 unspecified atom stereocenters. The number of aromatic nitrogens is 2. The largest absolute Gasteiger partial charge is 0.469 e. The number of esters is 1. The smallest absolute Gasteiger partial charge is 0.319 e. The number of carbonyl (C=O) groups excluding carboxylic acids is 2. The highest BCUT2D eigenvalue weighted by atomic mass is 16.5. The molecule has 0 radical (unpaired) electrons. The number of nitrogens with zero attached hydrogens (tertiary/aromatic N) is 3. The quantitative estimate of drug-likeness (QED) is 0.308. The van der Waals surface area contributed by atoms with Crippen LogP contribution in [0.5, 0.6) is 11.5 Å². The lowest BCUT2D eigenvalue weighted by molar-refractivity contribution is -0.140. The summed E-state index contributed by atoms with van der Waals surface area (Å²) in [5.74, 6) is 0.999. The molecule has 2 amide bonds. The summed E-state index contributed by atoms with van der Waals surface area (Å²) < 4.78 is 12.0. The first-order valence-corrected chi connectivity index (χ1v) is 11.1. The van der Waals surface area contributed by atoms with Crippen LogP contribution in [0, 0.1) is 18.3 Å². The Morgan fingerprint density at radius 3 is 2.50 bits per heavy atom. The molecule has 4 rings (SSSR count). The van der Waals surface area contributed by atoms with Crippen molar-refractivity contribution in [3.63, 3.8) is 0 Å². The monoisotopic (exact) mass is 484 g/mol. The molecule has 0 spiro atoms. The minimum absolute atomic E-state index is 0.0664. The highest BCUT2D eigenvalue weighted by molar-refractivity contribution is 5.95. The number of anilines is 3. The third-order valence-corrected chi connectivity index (χ3v) is 5.37. The van der Waals surface area contributed by atoms with E-state index in [2.05, 4.69) is 31.9 Å². The van der Waals surface area contributed by atoms with E-state index < -0.39 is 12.0 Å². The molecular weight excluding hydrogens is 460 g/mol. The van der Waals surface area contributed by atoms with Crippen LogP contribution in [0.1, 0.15) is 17.5 Å². The van der Waals surface area contributed by atoms with Crippen LogP contribution in [-0.4, -0.2) is 35.3 Å². The topological polar surface area (TPSA) is 130 Å². The number of amides is 2. The van der Waals surface area contributed by atoms with Crippen LogP contribution < -0.4 is 20.7 Å². The molecule has 4 aromatic rings. The highest BCUT2D eigenvalue weighted by Gasteiger charge is 2.17. The number of nitrogens with one attached hydrogen (secondary N) is 3. The van der Waals surface area contributed by atoms with Crippen molar-refractivity contribution in [1.82, 2.24) is 14.9 Å². The van der Waals surface area contributed by atoms with Gasteiger partial charge in [-0.2, -0.15) is 10.4 Å². The van der Waals surface area contributed by atoms with Gasteiger partial charge in [0.2, 0.25) is 0 Å². The average molecular weight is 485 g/mol. The maximum absolute atomic E-state index is 12.3. The van der Waals surface area contributed by atoms with E-state index in [1.165, 1.54) is 13.3 Å². The summed E-state index contributed by atoms with van der Waals surface area (Å²) in [7, 11) is 1.29. The normalized spacial score (nSPS) is 10.4. The molecule has 0 bridgehead atoms. The van der Waals surface area contributed by atoms with Crippen molar-refractivity contribution in [2.45, 2.75) is 13.3 Å². The minimum atomic E-state index is -0.470. The van der Waals surface area contributed by atoms with Crippen molar-refractivity contribution >= 4 is 34.6 Å². The SMILES string of the molecule is COC(=O)CCNC(=O)Nc1cn2ncc(C#N)c(Nc3ccc(Oc4ccccc4)cc3)c2c1C. The molecule has 2 heterocycles. The van der Waals surface area contributed by atoms with Crippen molar-refractivity contribution in [2.24, 2.45) is 0 Å². The van der Waals surface area contributed by atoms with Gasteiger partial charge in [-0.3, -0.25) is 4.79 Å². The lowest BCUT2D eigenvalue weighted by Crippen LogP contribution is -2.30. The number of rotatable bonds is 8. The molecule has 2 aromatic carbocycles. The Bertz CT molecular complexity index is 1430. The Hall–Kier alpha value is -5.04. The summed E-state index contributed by atoms with van der Waals surface area (Å²) in [5, 5.41) is 22.7. The van der Waals surface area contributed by atoms with Crippen molar-refractivity contribution in [3.05, 3.63) is 78.1 Å². The van der Waals surface area contributed by atoms with Crippen LogP contribution in [0.25, 0.3) is 5.52 Å². The predicted octanol–water partition coefficient (Wildman–Crippen LogP) is 4.73. The molecule has 36 heavy (non-hydrogen) atoms. The van der Waals surface area contributed by atoms with Gasteiger partial charge in [0.1, 0.15) is 17.6 Å². The van der Waals surface area contributed by atoms with E-state index in [1.807, 2.05) is 61.5 Å². The van der Waals surface area contributed by atoms with E-state index in [4.69, 9.17) is 4.74 Å². The van der Waals surface area contributed by atoms with Crippen LogP contribution >= 0.6 is 0 Å². The molecule has 0 saturated carbocycles. The van der Waals surface area contributed by atoms with E-state index in [-0.39, 0.29) is 13.0 Å². The van der Waals surface area contributed by atoms with Crippen molar-refractivity contribution in [3.8, 4) is 17.6 Å². The Morgan fingerprint density at radius 1 is 1.08 bits per heavy atom. The van der Waals surface area contributed by atoms with E-state index >= 15 is 0 Å². The summed E-state index contributed by atoms with van der Waals surface area (Å²) >= 11 is 0. The Kier molecular flexibility index (Phi) is 7.31. The van der Waals surface area contributed by atoms with E-state index in [0.717, 1.165) is 11.4 Å². The number of hydrogen-bond donors (Lipinski definition) is 3. The number of methoxy groups -OCH3 is 1. The van der Waals surface area contributed by atoms with Crippen LogP contribution in [0.3, 0.4) is 0 Å². The number of para-hydroxylation sites is 1. The zero-order valence-electron chi connectivity index (χ0n) is 19.7. The van der Waals surface area contributed by atoms with Gasteiger partial charge in [-0.25, -0.2) is 9.31 Å². The number of hydrogen-bond acceptors (Lipinski definition) is 7. The molecule has 10 nitrogen and oxygen atoms in total. The Morgan fingerprint density at radius 2 is 1.81 bits per heavy atom. The van der Waals surface area contributed by atoms with Crippen molar-refractivity contribution < 1.29 is 19.1 Å². The number of ether oxygens (including phenoxy) is 2. The van der Waals surface area contributed by atoms with Crippen molar-refractivity contribution in [2.75, 3.05) is 24.3 Å². The van der Waals surface area contributed by atoms with Gasteiger partial charge in [-0.1, -0.05) is 18.2 Å². The third-order valence-electron chi connectivity index (χ3n) is 5.37. The average Bonchev–Trinajstić information content (AvgIpc) is 3.21. The second kappa shape index (κ2) is 10.9. The lowest BCUT2D eigenvalue weighted by Gasteiger charge is -2.12. The maximum Gasteiger partial charge on any atom is 0.319 e. The summed E-state index contributed by atoms with van der Waals surface area (Å²) in [6, 6.07) is 18.5. The van der Waals surface area contributed by atoms with Gasteiger partial charge in [0.05, 0.1) is 48.4 Å². The molecule has 10 heteroatoms. The molecule has 0 aliphatic carbocycles. The summed E-state index contributed by atoms with van der Waals surface area (Å²) in [6.07, 6.45) is 3.19. The fourth-order valence-corrected chi connectivity index (χ4v) is 3.55. The van der Waals surface area contributed by atoms with Gasteiger partial charge >= 0.3 is 12.0 Å². The number of aryl methyl sites for hydroxylation is 1. The molecule has 0 atom stereocenters. The molecule has 0 aliphatic heterocycles. The van der Waals surface area contributed by atoms with Crippen LogP contribution in [0.15, 0.2) is 67.0 Å². The fraction of sp³-hybridized carbons (Fsp3) is 0.154. The lowest BCUT2D eigenvalue weighted by atomic mass is 10.1. The summed E-state index contributed by atoms with van der Waals surface area (Å²) in [5.41, 5.74) is 3.53. The van der Waals surface area contributed by atoms with Crippen molar-refractivity contribution in [1.29, 1.82) is 5.26 Å². The zero-order valence-corrected chi connectivity index (χ0v) is 19.7. The van der Waals surface area contributed by atoms with Crippen LogP contribution in [0.4, 0.5) is 21.9 Å². The van der Waals surface area contributed by atoms with Gasteiger partial charge in [-0.15, -0.1) is 0 Å². The predicted molar refractivity (Wildman–Crippen MR) is 135 cm³/mol. The second-order valence-electron chi connectivity index (χ2n) is 7.78. The second-order valence-corrected chi connectivity index (χ2v) is 7.78. The van der Waals surface area contributed by atoms with E-state index in [1.54, 1.807) is 10.7 Å². The number of urea groups is 1. The zero-order chi connectivity index (χ0) is 25.5. The van der Waals surface area contributed by atoms with Crippen LogP contribution in [0.2, 0.25) is 0 Å². The molecule has 182 valence electrons. The van der Waals surface area contributed by atoms with Gasteiger partial charge in [0.15, 0.2) is 0 Å². The van der Waals surface area contributed by atoms with Gasteiger partial charge in [-0.05, 0) is 43.3 Å². The molecule has 3 N–H and O–H groups in total. The molecule has 0 fully saturated rings. The summed E-state index contributed by atoms with van der Waals surface area (Å²) in [4.78, 5) is 23.5. The summed E-state index contributed by atoms with van der Waals surface area (Å²) in [6.45, 7) is 1.96. The number of benzene rings is 2. The van der Waals surface area contributed by atoms with E-state index in [0.29, 0.717) is 33.8 Å². The van der Waals surface area contributed by atoms with E-state index in [9.17, 15) is 14.9 Å². The van der Waals surface area contributed by atoms with Gasteiger partial charge in [0.25, 0.3) is 0 Å². The van der Waals surface area contributed by atoms with Gasteiger partial charge in [0, 0.05) is 17.8 Å². The number of nitriles is 1. The highest BCUT2D eigenvalue weighted by Crippen LogP contribution is 2.33. The fourth-order valence-electron chi connectivity index (χ4n) is 3.55. The number of carbonyl (C=O) groups is 2. The van der Waals surface area contributed by atoms with Gasteiger partial charge < -0.3 is 25.4 Å². The first-order chi connectivity index (χ1) is 17.5. The third kappa shape index (κ3) is 5.53. The Balaban J connectivity index is 1.54. The molecular formula is C26H24N6O4. The minimum Gasteiger partial charge on any atom is -0.469 e. The first kappa shape index (κ1) is 24.1.